The zero-order valence-electron chi connectivity index (χ0n) is 16.1. The van der Waals surface area contributed by atoms with Crippen molar-refractivity contribution in [3.63, 3.8) is 0 Å². The molecular weight excluding hydrogens is 517 g/mol. The van der Waals surface area contributed by atoms with E-state index < -0.39 is 56.7 Å². The number of carbonyl (C=O) groups excluding carboxylic acids is 2. The quantitative estimate of drug-likeness (QED) is 0.361. The number of carbonyl (C=O) groups is 3. The first-order valence-corrected chi connectivity index (χ1v) is 13.3. The third-order valence-electron chi connectivity index (χ3n) is 4.18. The maximum atomic E-state index is 12.5. The van der Waals surface area contributed by atoms with Crippen molar-refractivity contribution >= 4 is 62.5 Å². The Morgan fingerprint density at radius 1 is 1.34 bits per heavy atom. The lowest BCUT2D eigenvalue weighted by Gasteiger charge is -2.49. The van der Waals surface area contributed by atoms with E-state index in [9.17, 15) is 41.1 Å². The number of β-lactam (4-membered cyclic amide) rings is 1. The van der Waals surface area contributed by atoms with Crippen molar-refractivity contribution in [1.82, 2.24) is 20.4 Å². The Bertz CT molecular complexity index is 1090. The molecule has 0 spiro atoms. The number of hydrogen-bond donors (Lipinski definition) is 2. The molecule has 32 heavy (non-hydrogen) atoms. The number of hydrogen-bond acceptors (Lipinski definition) is 10. The number of aromatic nitrogens is 2. The van der Waals surface area contributed by atoms with Crippen LogP contribution >= 0.6 is 34.9 Å². The van der Waals surface area contributed by atoms with Gasteiger partial charge in [-0.05, 0) is 12.5 Å². The summed E-state index contributed by atoms with van der Waals surface area (Å²) in [6, 6.07) is -1.23. The summed E-state index contributed by atoms with van der Waals surface area (Å²) in [7, 11) is -4.77. The van der Waals surface area contributed by atoms with E-state index in [1.807, 2.05) is 0 Å². The fraction of sp³-hybridized carbons (Fsp3) is 0.533. The molecule has 2 atom stereocenters. The van der Waals surface area contributed by atoms with E-state index in [-0.39, 0.29) is 17.2 Å². The molecule has 10 nitrogen and oxygen atoms in total. The number of nitrogens with one attached hydrogen (secondary N) is 1. The number of sulfone groups is 1. The predicted octanol–water partition coefficient (Wildman–Crippen LogP) is 0.654. The summed E-state index contributed by atoms with van der Waals surface area (Å²) in [5.41, 5.74) is 0.227. The van der Waals surface area contributed by atoms with Crippen LogP contribution in [0.5, 0.6) is 0 Å². The molecule has 3 rings (SSSR count). The van der Waals surface area contributed by atoms with Crippen LogP contribution < -0.4 is 5.32 Å². The zero-order chi connectivity index (χ0) is 23.8. The fourth-order valence-electron chi connectivity index (χ4n) is 3.00. The van der Waals surface area contributed by atoms with Gasteiger partial charge in [0.1, 0.15) is 33.6 Å². The average molecular weight is 533 g/mol. The maximum absolute atomic E-state index is 12.5. The minimum atomic E-state index is -5.00. The molecule has 2 N–H and O–H groups in total. The number of rotatable bonds is 8. The van der Waals surface area contributed by atoms with Crippen LogP contribution in [0.1, 0.15) is 5.01 Å². The third-order valence-corrected chi connectivity index (χ3v) is 9.05. The largest absolute Gasteiger partial charge is 0.477 e. The monoisotopic (exact) mass is 532 g/mol. The van der Waals surface area contributed by atoms with E-state index in [1.165, 1.54) is 23.1 Å². The van der Waals surface area contributed by atoms with Crippen LogP contribution in [0.15, 0.2) is 15.6 Å². The van der Waals surface area contributed by atoms with E-state index in [4.69, 9.17) is 0 Å². The standard InChI is InChI=1S/C15H15F3N4O6S4/c1-6-20-21-14(31-6)30-3-7-2-29-12-9(11(24)22(12)10(7)13(25)26)19-8(23)4-32(27,28)5-15(16,17)18/h9,12H,2-5H2,1H3,(H,19,23)(H,25,26)/t9?,12-/m1/s1. The second kappa shape index (κ2) is 9.18. The van der Waals surface area contributed by atoms with Crippen LogP contribution in [0.3, 0.4) is 0 Å². The van der Waals surface area contributed by atoms with Crippen LogP contribution in [0.25, 0.3) is 0 Å². The summed E-state index contributed by atoms with van der Waals surface area (Å²) in [5, 5.41) is 19.5. The molecule has 2 aliphatic rings. The number of fused-ring (bicyclic) bond motifs is 1. The summed E-state index contributed by atoms with van der Waals surface area (Å²) >= 11 is 3.76. The number of thioether (sulfide) groups is 2. The summed E-state index contributed by atoms with van der Waals surface area (Å²) < 4.78 is 60.6. The number of aliphatic carboxylic acids is 1. The summed E-state index contributed by atoms with van der Waals surface area (Å²) in [6.07, 6.45) is -5.00. The highest BCUT2D eigenvalue weighted by molar-refractivity contribution is 8.01. The van der Waals surface area contributed by atoms with Gasteiger partial charge in [0.25, 0.3) is 5.91 Å². The van der Waals surface area contributed by atoms with Gasteiger partial charge in [0.05, 0.1) is 0 Å². The van der Waals surface area contributed by atoms with Gasteiger partial charge >= 0.3 is 12.1 Å². The molecule has 0 saturated carbocycles. The lowest BCUT2D eigenvalue weighted by Crippen LogP contribution is -2.71. The number of nitrogens with zero attached hydrogens (tertiary/aromatic N) is 3. The van der Waals surface area contributed by atoms with E-state index in [0.29, 0.717) is 9.91 Å². The lowest BCUT2D eigenvalue weighted by atomic mass is 10.0. The molecule has 1 aromatic heterocycles. The molecule has 0 radical (unpaired) electrons. The van der Waals surface area contributed by atoms with Gasteiger partial charge < -0.3 is 10.4 Å². The van der Waals surface area contributed by atoms with Gasteiger partial charge in [0.15, 0.2) is 14.2 Å². The van der Waals surface area contributed by atoms with Gasteiger partial charge in [-0.2, -0.15) is 13.2 Å². The molecule has 1 unspecified atom stereocenters. The van der Waals surface area contributed by atoms with Gasteiger partial charge in [0, 0.05) is 11.5 Å². The molecule has 2 amide bonds. The minimum Gasteiger partial charge on any atom is -0.477 e. The van der Waals surface area contributed by atoms with Crippen LogP contribution in [0.2, 0.25) is 0 Å². The molecule has 0 aromatic carbocycles. The first-order chi connectivity index (χ1) is 14.8. The Labute approximate surface area is 191 Å². The predicted molar refractivity (Wildman–Crippen MR) is 110 cm³/mol. The van der Waals surface area contributed by atoms with Gasteiger partial charge in [0.2, 0.25) is 5.91 Å². The number of halogens is 3. The Morgan fingerprint density at radius 2 is 2.03 bits per heavy atom. The zero-order valence-corrected chi connectivity index (χ0v) is 19.3. The second-order valence-electron chi connectivity index (χ2n) is 6.74. The summed E-state index contributed by atoms with van der Waals surface area (Å²) in [6.45, 7) is 1.77. The molecular formula is C15H15F3N4O6S4. The molecule has 3 heterocycles. The van der Waals surface area contributed by atoms with Crippen molar-refractivity contribution in [2.75, 3.05) is 23.0 Å². The van der Waals surface area contributed by atoms with Crippen LogP contribution in [-0.4, -0.2) is 87.0 Å². The number of carboxylic acid groups (broad SMARTS) is 1. The van der Waals surface area contributed by atoms with Crippen molar-refractivity contribution in [2.45, 2.75) is 28.9 Å². The second-order valence-corrected chi connectivity index (χ2v) is 12.3. The molecule has 1 saturated heterocycles. The van der Waals surface area contributed by atoms with Crippen LogP contribution in [0, 0.1) is 6.92 Å². The van der Waals surface area contributed by atoms with E-state index in [0.717, 1.165) is 21.7 Å². The molecule has 17 heteroatoms. The first-order valence-electron chi connectivity index (χ1n) is 8.67. The van der Waals surface area contributed by atoms with Crippen molar-refractivity contribution in [3.8, 4) is 0 Å². The van der Waals surface area contributed by atoms with Crippen LogP contribution in [-0.2, 0) is 24.2 Å². The Kier molecular flexibility index (Phi) is 7.11. The van der Waals surface area contributed by atoms with E-state index >= 15 is 0 Å². The highest BCUT2D eigenvalue weighted by Crippen LogP contribution is 2.41. The Hall–Kier alpha value is -1.85. The molecule has 2 aliphatic heterocycles. The summed E-state index contributed by atoms with van der Waals surface area (Å²) in [5.74, 6) is -6.51. The number of amides is 2. The molecule has 176 valence electrons. The number of aryl methyl sites for hydroxylation is 1. The Morgan fingerprint density at radius 3 is 2.59 bits per heavy atom. The van der Waals surface area contributed by atoms with E-state index in [1.54, 1.807) is 6.92 Å². The van der Waals surface area contributed by atoms with Gasteiger partial charge in [-0.3, -0.25) is 14.5 Å². The molecule has 0 bridgehead atoms. The summed E-state index contributed by atoms with van der Waals surface area (Å²) in [4.78, 5) is 37.2. The van der Waals surface area contributed by atoms with Crippen molar-refractivity contribution in [2.24, 2.45) is 0 Å². The third kappa shape index (κ3) is 5.74. The smallest absolute Gasteiger partial charge is 0.402 e. The Balaban J connectivity index is 1.67. The van der Waals surface area contributed by atoms with Gasteiger partial charge in [-0.25, -0.2) is 13.2 Å². The highest BCUT2D eigenvalue weighted by atomic mass is 32.2. The number of carboxylic acids is 1. The van der Waals surface area contributed by atoms with E-state index in [2.05, 4.69) is 15.5 Å². The average Bonchev–Trinajstić information content (AvgIpc) is 3.06. The highest BCUT2D eigenvalue weighted by Gasteiger charge is 2.54. The van der Waals surface area contributed by atoms with Crippen LogP contribution in [0.4, 0.5) is 13.2 Å². The van der Waals surface area contributed by atoms with Crippen molar-refractivity contribution in [3.05, 3.63) is 16.3 Å². The van der Waals surface area contributed by atoms with Gasteiger partial charge in [-0.1, -0.05) is 23.1 Å². The topological polar surface area (TPSA) is 147 Å². The SMILES string of the molecule is Cc1nnc(SCC2=C(C(=O)O)N3C(=O)C(NC(=O)CS(=O)(=O)CC(F)(F)F)[C@H]3SC2)s1. The first kappa shape index (κ1) is 24.8. The molecule has 1 aromatic rings. The normalized spacial score (nSPS) is 21.2. The van der Waals surface area contributed by atoms with Crippen molar-refractivity contribution < 1.29 is 41.1 Å². The maximum Gasteiger partial charge on any atom is 0.402 e. The minimum absolute atomic E-state index is 0.222. The molecule has 0 aliphatic carbocycles. The van der Waals surface area contributed by atoms with Gasteiger partial charge in [-0.15, -0.1) is 22.0 Å². The van der Waals surface area contributed by atoms with Crippen molar-refractivity contribution in [1.29, 1.82) is 0 Å². The number of alkyl halides is 3. The molecule has 1 fully saturated rings. The lowest BCUT2D eigenvalue weighted by molar-refractivity contribution is -0.150. The fourth-order valence-corrected chi connectivity index (χ4v) is 7.38.